The molecule has 8 heteroatoms. The summed E-state index contributed by atoms with van der Waals surface area (Å²) in [7, 11) is 1.39. The number of carbonyl (C=O) groups excluding carboxylic acids is 2. The maximum atomic E-state index is 13.3. The van der Waals surface area contributed by atoms with E-state index in [4.69, 9.17) is 9.47 Å². The van der Waals surface area contributed by atoms with Gasteiger partial charge in [-0.3, -0.25) is 4.79 Å². The van der Waals surface area contributed by atoms with Crippen molar-refractivity contribution in [3.8, 4) is 0 Å². The molecular weight excluding hydrogens is 413 g/mol. The Kier molecular flexibility index (Phi) is 6.91. The fourth-order valence-corrected chi connectivity index (χ4v) is 4.18. The number of aromatic nitrogens is 2. The van der Waals surface area contributed by atoms with E-state index in [1.807, 2.05) is 32.3 Å². The van der Waals surface area contributed by atoms with Gasteiger partial charge in [-0.25, -0.2) is 14.2 Å². The molecule has 1 aromatic heterocycles. The molecule has 1 amide bonds. The maximum absolute atomic E-state index is 13.3. The van der Waals surface area contributed by atoms with Crippen LogP contribution < -0.4 is 0 Å². The molecule has 0 bridgehead atoms. The van der Waals surface area contributed by atoms with E-state index in [1.54, 1.807) is 29.6 Å². The first-order chi connectivity index (χ1) is 15.0. The minimum absolute atomic E-state index is 0.0790. The lowest BCUT2D eigenvalue weighted by Gasteiger charge is -2.40. The van der Waals surface area contributed by atoms with Crippen LogP contribution in [-0.2, 0) is 20.7 Å². The van der Waals surface area contributed by atoms with Gasteiger partial charge >= 0.3 is 12.1 Å². The Morgan fingerprint density at radius 1 is 1.19 bits per heavy atom. The number of hydrogen-bond donors (Lipinski definition) is 0. The molecular formula is C24H32FN3O4. The van der Waals surface area contributed by atoms with Crippen LogP contribution in [0.4, 0.5) is 9.18 Å². The summed E-state index contributed by atoms with van der Waals surface area (Å²) < 4.78 is 26.0. The van der Waals surface area contributed by atoms with Gasteiger partial charge < -0.3 is 18.9 Å². The fourth-order valence-electron chi connectivity index (χ4n) is 4.18. The highest BCUT2D eigenvalue weighted by molar-refractivity contribution is 5.78. The monoisotopic (exact) mass is 445 g/mol. The van der Waals surface area contributed by atoms with E-state index in [0.717, 1.165) is 11.3 Å². The van der Waals surface area contributed by atoms with Gasteiger partial charge in [0, 0.05) is 31.4 Å². The molecule has 0 unspecified atom stereocenters. The van der Waals surface area contributed by atoms with Crippen LogP contribution in [0.3, 0.4) is 0 Å². The molecule has 2 heterocycles. The van der Waals surface area contributed by atoms with Gasteiger partial charge in [0.1, 0.15) is 11.4 Å². The van der Waals surface area contributed by atoms with Crippen LogP contribution >= 0.6 is 0 Å². The zero-order valence-electron chi connectivity index (χ0n) is 19.4. The third-order valence-electron chi connectivity index (χ3n) is 6.03. The lowest BCUT2D eigenvalue weighted by atomic mass is 9.74. The van der Waals surface area contributed by atoms with Crippen LogP contribution in [0, 0.1) is 11.2 Å². The van der Waals surface area contributed by atoms with Gasteiger partial charge in [0.25, 0.3) is 0 Å². The van der Waals surface area contributed by atoms with Crippen molar-refractivity contribution in [2.75, 3.05) is 20.2 Å². The Morgan fingerprint density at radius 3 is 2.38 bits per heavy atom. The van der Waals surface area contributed by atoms with Crippen LogP contribution in [0.25, 0.3) is 0 Å². The molecule has 1 saturated heterocycles. The van der Waals surface area contributed by atoms with E-state index in [0.29, 0.717) is 32.4 Å². The normalized spacial score (nSPS) is 17.0. The molecule has 0 saturated carbocycles. The smallest absolute Gasteiger partial charge is 0.410 e. The molecule has 7 nitrogen and oxygen atoms in total. The van der Waals surface area contributed by atoms with E-state index < -0.39 is 11.0 Å². The van der Waals surface area contributed by atoms with Gasteiger partial charge in [0.05, 0.1) is 24.9 Å². The zero-order valence-corrected chi connectivity index (χ0v) is 19.4. The summed E-state index contributed by atoms with van der Waals surface area (Å²) in [5.41, 5.74) is 0.500. The Labute approximate surface area is 188 Å². The first-order valence-corrected chi connectivity index (χ1v) is 10.9. The van der Waals surface area contributed by atoms with Gasteiger partial charge in [-0.15, -0.1) is 0 Å². The number of halogens is 1. The third-order valence-corrected chi connectivity index (χ3v) is 6.03. The number of hydrogen-bond acceptors (Lipinski definition) is 5. The largest absolute Gasteiger partial charge is 0.469 e. The SMILES string of the molecule is COC(=O)C1(Cc2cncn2[C@H](C)c2ccc(F)cc2)CCN(C(=O)OC(C)(C)C)CC1. The number of imidazole rings is 1. The average molecular weight is 446 g/mol. The van der Waals surface area contributed by atoms with Gasteiger partial charge in [-0.2, -0.15) is 0 Å². The van der Waals surface area contributed by atoms with Crippen molar-refractivity contribution in [2.24, 2.45) is 5.41 Å². The highest BCUT2D eigenvalue weighted by Gasteiger charge is 2.44. The number of piperidine rings is 1. The predicted molar refractivity (Wildman–Crippen MR) is 118 cm³/mol. The summed E-state index contributed by atoms with van der Waals surface area (Å²) in [6.45, 7) is 8.32. The fraction of sp³-hybridized carbons (Fsp3) is 0.542. The van der Waals surface area contributed by atoms with Crippen LogP contribution in [-0.4, -0.2) is 52.3 Å². The molecule has 1 aliphatic heterocycles. The van der Waals surface area contributed by atoms with Crippen molar-refractivity contribution in [1.82, 2.24) is 14.5 Å². The number of esters is 1. The number of rotatable bonds is 5. The molecule has 32 heavy (non-hydrogen) atoms. The van der Waals surface area contributed by atoms with Crippen molar-refractivity contribution < 1.29 is 23.5 Å². The lowest BCUT2D eigenvalue weighted by Crippen LogP contribution is -2.49. The number of ether oxygens (including phenoxy) is 2. The predicted octanol–water partition coefficient (Wildman–Crippen LogP) is 4.36. The number of likely N-dealkylation sites (tertiary alicyclic amines) is 1. The molecule has 0 aliphatic carbocycles. The van der Waals surface area contributed by atoms with Crippen LogP contribution in [0.1, 0.15) is 57.8 Å². The summed E-state index contributed by atoms with van der Waals surface area (Å²) in [6, 6.07) is 6.29. The van der Waals surface area contributed by atoms with Crippen molar-refractivity contribution in [3.05, 3.63) is 53.9 Å². The van der Waals surface area contributed by atoms with Gasteiger partial charge in [0.2, 0.25) is 0 Å². The van der Waals surface area contributed by atoms with E-state index >= 15 is 0 Å². The second-order valence-corrected chi connectivity index (χ2v) is 9.44. The minimum Gasteiger partial charge on any atom is -0.469 e. The molecule has 1 aliphatic rings. The molecule has 2 aromatic rings. The average Bonchev–Trinajstić information content (AvgIpc) is 3.20. The Morgan fingerprint density at radius 2 is 1.81 bits per heavy atom. The van der Waals surface area contributed by atoms with Crippen LogP contribution in [0.15, 0.2) is 36.8 Å². The number of amides is 1. The Hall–Kier alpha value is -2.90. The van der Waals surface area contributed by atoms with Crippen molar-refractivity contribution in [2.45, 2.75) is 58.6 Å². The van der Waals surface area contributed by atoms with Gasteiger partial charge in [-0.1, -0.05) is 12.1 Å². The summed E-state index contributed by atoms with van der Waals surface area (Å²) in [6.07, 6.45) is 4.48. The minimum atomic E-state index is -0.756. The molecule has 3 rings (SSSR count). The molecule has 1 aromatic carbocycles. The first kappa shape index (κ1) is 23.8. The summed E-state index contributed by atoms with van der Waals surface area (Å²) >= 11 is 0. The topological polar surface area (TPSA) is 73.7 Å². The van der Waals surface area contributed by atoms with Crippen LogP contribution in [0.5, 0.6) is 0 Å². The third kappa shape index (κ3) is 5.29. The van der Waals surface area contributed by atoms with E-state index in [2.05, 4.69) is 4.98 Å². The summed E-state index contributed by atoms with van der Waals surface area (Å²) in [5, 5.41) is 0. The van der Waals surface area contributed by atoms with Crippen molar-refractivity contribution >= 4 is 12.1 Å². The van der Waals surface area contributed by atoms with E-state index in [9.17, 15) is 14.0 Å². The Bertz CT molecular complexity index is 941. The molecule has 0 spiro atoms. The van der Waals surface area contributed by atoms with Crippen molar-refractivity contribution in [1.29, 1.82) is 0 Å². The maximum Gasteiger partial charge on any atom is 0.410 e. The number of carbonyl (C=O) groups is 2. The first-order valence-electron chi connectivity index (χ1n) is 10.9. The standard InChI is InChI=1S/C24H32FN3O4/c1-17(18-6-8-19(25)9-7-18)28-16-26-15-20(28)14-24(21(29)31-5)10-12-27(13-11-24)22(30)32-23(2,3)4/h6-9,15-17H,10-14H2,1-5H3/t17-/m1/s1. The van der Waals surface area contributed by atoms with Gasteiger partial charge in [0.15, 0.2) is 0 Å². The lowest BCUT2D eigenvalue weighted by molar-refractivity contribution is -0.156. The number of nitrogens with zero attached hydrogens (tertiary/aromatic N) is 3. The Balaban J connectivity index is 1.78. The highest BCUT2D eigenvalue weighted by atomic mass is 19.1. The van der Waals surface area contributed by atoms with Crippen molar-refractivity contribution in [3.63, 3.8) is 0 Å². The molecule has 0 radical (unpaired) electrons. The zero-order chi connectivity index (χ0) is 23.5. The molecule has 1 atom stereocenters. The van der Waals surface area contributed by atoms with Crippen LogP contribution in [0.2, 0.25) is 0 Å². The highest BCUT2D eigenvalue weighted by Crippen LogP contribution is 2.37. The molecule has 1 fully saturated rings. The summed E-state index contributed by atoms with van der Waals surface area (Å²) in [4.78, 5) is 31.3. The van der Waals surface area contributed by atoms with E-state index in [-0.39, 0.29) is 23.9 Å². The number of methoxy groups -OCH3 is 1. The second-order valence-electron chi connectivity index (χ2n) is 9.44. The molecule has 0 N–H and O–H groups in total. The number of benzene rings is 1. The van der Waals surface area contributed by atoms with E-state index in [1.165, 1.54) is 19.2 Å². The van der Waals surface area contributed by atoms with Gasteiger partial charge in [-0.05, 0) is 58.2 Å². The quantitative estimate of drug-likeness (QED) is 0.639. The summed E-state index contributed by atoms with van der Waals surface area (Å²) in [5.74, 6) is -0.572. The molecule has 174 valence electrons. The second kappa shape index (κ2) is 9.30.